The zero-order valence-electron chi connectivity index (χ0n) is 12.8. The van der Waals surface area contributed by atoms with Crippen molar-refractivity contribution in [3.8, 4) is 5.88 Å². The van der Waals surface area contributed by atoms with Crippen molar-refractivity contribution < 1.29 is 4.74 Å². The van der Waals surface area contributed by atoms with Gasteiger partial charge in [-0.3, -0.25) is 0 Å². The summed E-state index contributed by atoms with van der Waals surface area (Å²) in [5, 5.41) is 4.49. The Balaban J connectivity index is 1.88. The molecule has 0 saturated carbocycles. The first kappa shape index (κ1) is 14.0. The Kier molecular flexibility index (Phi) is 3.86. The predicted octanol–water partition coefficient (Wildman–Crippen LogP) is 3.41. The Bertz CT molecular complexity index is 633. The lowest BCUT2D eigenvalue weighted by Crippen LogP contribution is -2.16. The largest absolute Gasteiger partial charge is 0.468 e. The van der Waals surface area contributed by atoms with E-state index in [-0.39, 0.29) is 6.10 Å². The van der Waals surface area contributed by atoms with E-state index in [0.717, 1.165) is 37.8 Å². The quantitative estimate of drug-likeness (QED) is 0.936. The van der Waals surface area contributed by atoms with Crippen molar-refractivity contribution >= 4 is 5.69 Å². The number of nitrogens with zero attached hydrogens (tertiary/aromatic N) is 2. The Morgan fingerprint density at radius 1 is 1.38 bits per heavy atom. The van der Waals surface area contributed by atoms with E-state index in [9.17, 15) is 0 Å². The van der Waals surface area contributed by atoms with Crippen molar-refractivity contribution in [2.75, 3.05) is 5.73 Å². The van der Waals surface area contributed by atoms with Crippen LogP contribution in [-0.4, -0.2) is 9.78 Å². The molecule has 0 radical (unpaired) electrons. The van der Waals surface area contributed by atoms with Crippen LogP contribution in [0.3, 0.4) is 0 Å². The second-order valence-corrected chi connectivity index (χ2v) is 5.74. The van der Waals surface area contributed by atoms with Gasteiger partial charge in [0.15, 0.2) is 0 Å². The predicted molar refractivity (Wildman–Crippen MR) is 84.4 cm³/mol. The number of nitrogen functional groups attached to an aromatic ring is 1. The molecule has 21 heavy (non-hydrogen) atoms. The second-order valence-electron chi connectivity index (χ2n) is 5.74. The Labute approximate surface area is 125 Å². The molecule has 112 valence electrons. The fraction of sp³-hybridized carbons (Fsp3) is 0.471. The van der Waals surface area contributed by atoms with Gasteiger partial charge in [0, 0.05) is 7.05 Å². The summed E-state index contributed by atoms with van der Waals surface area (Å²) in [6.07, 6.45) is 5.34. The van der Waals surface area contributed by atoms with Crippen LogP contribution >= 0.6 is 0 Å². The summed E-state index contributed by atoms with van der Waals surface area (Å²) in [5.41, 5.74) is 10.5. The molecule has 4 heteroatoms. The van der Waals surface area contributed by atoms with Crippen LogP contribution in [0.4, 0.5) is 5.69 Å². The van der Waals surface area contributed by atoms with Crippen LogP contribution in [0.1, 0.15) is 49.1 Å². The SMILES string of the molecule is CCCc1nn(C)c(OC2CCCc3ccccc32)c1N. The van der Waals surface area contributed by atoms with Crippen molar-refractivity contribution in [3.05, 3.63) is 41.1 Å². The smallest absolute Gasteiger partial charge is 0.236 e. The van der Waals surface area contributed by atoms with Crippen molar-refractivity contribution in [3.63, 3.8) is 0 Å². The van der Waals surface area contributed by atoms with Gasteiger partial charge in [0.25, 0.3) is 0 Å². The van der Waals surface area contributed by atoms with E-state index >= 15 is 0 Å². The number of ether oxygens (including phenoxy) is 1. The molecular formula is C17H23N3O. The maximum Gasteiger partial charge on any atom is 0.236 e. The van der Waals surface area contributed by atoms with E-state index in [2.05, 4.69) is 36.3 Å². The van der Waals surface area contributed by atoms with E-state index < -0.39 is 0 Å². The van der Waals surface area contributed by atoms with Crippen LogP contribution in [0.15, 0.2) is 24.3 Å². The fourth-order valence-corrected chi connectivity index (χ4v) is 3.11. The van der Waals surface area contributed by atoms with Gasteiger partial charge in [-0.25, -0.2) is 4.68 Å². The van der Waals surface area contributed by atoms with Crippen LogP contribution in [0, 0.1) is 0 Å². The third-order valence-electron chi connectivity index (χ3n) is 4.16. The molecular weight excluding hydrogens is 262 g/mol. The first-order chi connectivity index (χ1) is 10.2. The highest BCUT2D eigenvalue weighted by Crippen LogP contribution is 2.36. The molecule has 1 heterocycles. The van der Waals surface area contributed by atoms with E-state index in [4.69, 9.17) is 10.5 Å². The summed E-state index contributed by atoms with van der Waals surface area (Å²) in [4.78, 5) is 0. The third-order valence-corrected chi connectivity index (χ3v) is 4.16. The minimum atomic E-state index is 0.0853. The van der Waals surface area contributed by atoms with Crippen LogP contribution in [0.25, 0.3) is 0 Å². The maximum absolute atomic E-state index is 6.25. The third kappa shape index (κ3) is 2.62. The van der Waals surface area contributed by atoms with Crippen molar-refractivity contribution in [2.45, 2.75) is 45.1 Å². The number of nitrogens with two attached hydrogens (primary N) is 1. The zero-order chi connectivity index (χ0) is 14.8. The molecule has 1 aliphatic carbocycles. The van der Waals surface area contributed by atoms with Gasteiger partial charge in [0.1, 0.15) is 11.8 Å². The molecule has 0 aliphatic heterocycles. The molecule has 1 aliphatic rings. The Hall–Kier alpha value is -1.97. The average molecular weight is 285 g/mol. The number of anilines is 1. The molecule has 0 amide bonds. The van der Waals surface area contributed by atoms with Gasteiger partial charge in [0.2, 0.25) is 5.88 Å². The van der Waals surface area contributed by atoms with Crippen LogP contribution in [-0.2, 0) is 19.9 Å². The summed E-state index contributed by atoms with van der Waals surface area (Å²) >= 11 is 0. The Morgan fingerprint density at radius 2 is 2.19 bits per heavy atom. The Morgan fingerprint density at radius 3 is 3.00 bits per heavy atom. The minimum absolute atomic E-state index is 0.0853. The van der Waals surface area contributed by atoms with Crippen molar-refractivity contribution in [2.24, 2.45) is 7.05 Å². The van der Waals surface area contributed by atoms with Gasteiger partial charge in [-0.05, 0) is 36.8 Å². The number of aryl methyl sites for hydroxylation is 3. The molecule has 1 atom stereocenters. The monoisotopic (exact) mass is 285 g/mol. The normalized spacial score (nSPS) is 17.5. The average Bonchev–Trinajstić information content (AvgIpc) is 2.76. The van der Waals surface area contributed by atoms with E-state index in [1.807, 2.05) is 7.05 Å². The molecule has 2 aromatic rings. The molecule has 1 aromatic heterocycles. The van der Waals surface area contributed by atoms with E-state index in [0.29, 0.717) is 11.6 Å². The molecule has 0 bridgehead atoms. The van der Waals surface area contributed by atoms with Crippen LogP contribution < -0.4 is 10.5 Å². The van der Waals surface area contributed by atoms with Gasteiger partial charge >= 0.3 is 0 Å². The maximum atomic E-state index is 6.25. The molecule has 1 unspecified atom stereocenters. The summed E-state index contributed by atoms with van der Waals surface area (Å²) in [6.45, 7) is 2.13. The zero-order valence-corrected chi connectivity index (χ0v) is 12.8. The topological polar surface area (TPSA) is 53.1 Å². The van der Waals surface area contributed by atoms with Gasteiger partial charge in [-0.15, -0.1) is 0 Å². The molecule has 3 rings (SSSR count). The van der Waals surface area contributed by atoms with Crippen molar-refractivity contribution in [1.29, 1.82) is 0 Å². The molecule has 0 fully saturated rings. The highest BCUT2D eigenvalue weighted by molar-refractivity contribution is 5.53. The summed E-state index contributed by atoms with van der Waals surface area (Å²) < 4.78 is 8.02. The van der Waals surface area contributed by atoms with Gasteiger partial charge in [-0.1, -0.05) is 37.6 Å². The lowest BCUT2D eigenvalue weighted by atomic mass is 9.89. The van der Waals surface area contributed by atoms with Gasteiger partial charge in [0.05, 0.1) is 5.69 Å². The number of hydrogen-bond acceptors (Lipinski definition) is 3. The minimum Gasteiger partial charge on any atom is -0.468 e. The number of aromatic nitrogens is 2. The fourth-order valence-electron chi connectivity index (χ4n) is 3.11. The molecule has 2 N–H and O–H groups in total. The number of hydrogen-bond donors (Lipinski definition) is 1. The standard InChI is InChI=1S/C17H23N3O/c1-3-7-14-16(18)17(20(2)19-14)21-15-11-6-9-12-8-4-5-10-13(12)15/h4-5,8,10,15H,3,6-7,9,11,18H2,1-2H3. The molecule has 4 nitrogen and oxygen atoms in total. The lowest BCUT2D eigenvalue weighted by molar-refractivity contribution is 0.169. The van der Waals surface area contributed by atoms with Crippen molar-refractivity contribution in [1.82, 2.24) is 9.78 Å². The molecule has 0 spiro atoms. The van der Waals surface area contributed by atoms with Crippen LogP contribution in [0.5, 0.6) is 5.88 Å². The van der Waals surface area contributed by atoms with Crippen LogP contribution in [0.2, 0.25) is 0 Å². The second kappa shape index (κ2) is 5.80. The van der Waals surface area contributed by atoms with Gasteiger partial charge < -0.3 is 10.5 Å². The van der Waals surface area contributed by atoms with E-state index in [1.165, 1.54) is 11.1 Å². The lowest BCUT2D eigenvalue weighted by Gasteiger charge is -2.26. The highest BCUT2D eigenvalue weighted by Gasteiger charge is 2.24. The summed E-state index contributed by atoms with van der Waals surface area (Å²) in [7, 11) is 1.90. The van der Waals surface area contributed by atoms with E-state index in [1.54, 1.807) is 4.68 Å². The highest BCUT2D eigenvalue weighted by atomic mass is 16.5. The molecule has 1 aromatic carbocycles. The number of rotatable bonds is 4. The first-order valence-electron chi connectivity index (χ1n) is 7.76. The summed E-state index contributed by atoms with van der Waals surface area (Å²) in [6, 6.07) is 8.53. The molecule has 0 saturated heterocycles. The summed E-state index contributed by atoms with van der Waals surface area (Å²) in [5.74, 6) is 0.708. The number of fused-ring (bicyclic) bond motifs is 1. The first-order valence-corrected chi connectivity index (χ1v) is 7.76. The number of benzene rings is 1. The van der Waals surface area contributed by atoms with Gasteiger partial charge in [-0.2, -0.15) is 5.10 Å².